The van der Waals surface area contributed by atoms with Gasteiger partial charge in [-0.3, -0.25) is 0 Å². The monoisotopic (exact) mass is 268 g/mol. The van der Waals surface area contributed by atoms with E-state index in [-0.39, 0.29) is 5.28 Å². The van der Waals surface area contributed by atoms with E-state index >= 15 is 0 Å². The van der Waals surface area contributed by atoms with Crippen LogP contribution in [0.4, 0.5) is 5.95 Å². The van der Waals surface area contributed by atoms with Crippen LogP contribution in [0.1, 0.15) is 6.92 Å². The first-order valence-electron chi connectivity index (χ1n) is 4.88. The quantitative estimate of drug-likeness (QED) is 0.849. The number of hydrogen-bond acceptors (Lipinski definition) is 7. The zero-order valence-electron chi connectivity index (χ0n) is 8.96. The minimum Gasteiger partial charge on any atom is -0.354 e. The van der Waals surface area contributed by atoms with Crippen LogP contribution >= 0.6 is 23.4 Å². The third-order valence-electron chi connectivity index (χ3n) is 1.65. The molecule has 2 aromatic heterocycles. The van der Waals surface area contributed by atoms with E-state index in [0.717, 1.165) is 0 Å². The molecule has 0 aliphatic rings. The van der Waals surface area contributed by atoms with Crippen LogP contribution in [-0.2, 0) is 0 Å². The molecule has 0 saturated heterocycles. The van der Waals surface area contributed by atoms with Crippen LogP contribution in [0.2, 0.25) is 5.28 Å². The van der Waals surface area contributed by atoms with Crippen LogP contribution in [0.5, 0.6) is 0 Å². The highest BCUT2D eigenvalue weighted by molar-refractivity contribution is 7.99. The minimum atomic E-state index is 0.148. The summed E-state index contributed by atoms with van der Waals surface area (Å²) in [4.78, 5) is 20.3. The summed E-state index contributed by atoms with van der Waals surface area (Å²) in [5.74, 6) is 0.450. The lowest BCUT2D eigenvalue weighted by atomic mass is 10.7. The summed E-state index contributed by atoms with van der Waals surface area (Å²) in [5.41, 5.74) is 0. The molecule has 2 heterocycles. The first-order valence-corrected chi connectivity index (χ1v) is 6.07. The molecule has 0 fully saturated rings. The van der Waals surface area contributed by atoms with Gasteiger partial charge in [0.15, 0.2) is 5.16 Å². The first kappa shape index (κ1) is 12.0. The fourth-order valence-corrected chi connectivity index (χ4v) is 1.90. The highest BCUT2D eigenvalue weighted by Gasteiger charge is 2.07. The Hall–Kier alpha value is -1.47. The second-order valence-electron chi connectivity index (χ2n) is 2.87. The van der Waals surface area contributed by atoms with Gasteiger partial charge < -0.3 is 5.32 Å². The summed E-state index contributed by atoms with van der Waals surface area (Å²) < 4.78 is 0. The average molecular weight is 269 g/mol. The highest BCUT2D eigenvalue weighted by atomic mass is 35.5. The van der Waals surface area contributed by atoms with Crippen molar-refractivity contribution in [2.24, 2.45) is 0 Å². The largest absolute Gasteiger partial charge is 0.354 e. The summed E-state index contributed by atoms with van der Waals surface area (Å²) in [6, 6.07) is 1.74. The molecule has 6 nitrogen and oxygen atoms in total. The van der Waals surface area contributed by atoms with Crippen LogP contribution in [0, 0.1) is 0 Å². The predicted molar refractivity (Wildman–Crippen MR) is 65.2 cm³/mol. The first-order chi connectivity index (χ1) is 8.28. The molecule has 0 unspecified atom stereocenters. The van der Waals surface area contributed by atoms with Gasteiger partial charge in [0.25, 0.3) is 0 Å². The van der Waals surface area contributed by atoms with Gasteiger partial charge in [-0.05, 0) is 36.4 Å². The van der Waals surface area contributed by atoms with Crippen LogP contribution in [0.3, 0.4) is 0 Å². The van der Waals surface area contributed by atoms with Crippen LogP contribution in [0.25, 0.3) is 0 Å². The molecule has 1 N–H and O–H groups in total. The van der Waals surface area contributed by atoms with Gasteiger partial charge in [-0.15, -0.1) is 0 Å². The predicted octanol–water partition coefficient (Wildman–Crippen LogP) is 1.90. The molecular weight excluding hydrogens is 260 g/mol. The number of nitrogens with zero attached hydrogens (tertiary/aromatic N) is 5. The SMILES string of the molecule is CCNc1nc(Cl)nc(Sc2ncccn2)n1. The molecule has 0 saturated carbocycles. The van der Waals surface area contributed by atoms with Crippen LogP contribution in [0.15, 0.2) is 28.8 Å². The van der Waals surface area contributed by atoms with Gasteiger partial charge in [0.2, 0.25) is 16.4 Å². The second kappa shape index (κ2) is 5.74. The molecule has 0 bridgehead atoms. The van der Waals surface area contributed by atoms with E-state index in [1.807, 2.05) is 6.92 Å². The van der Waals surface area contributed by atoms with Crippen molar-refractivity contribution < 1.29 is 0 Å². The fraction of sp³-hybridized carbons (Fsp3) is 0.222. The third kappa shape index (κ3) is 3.50. The van der Waals surface area contributed by atoms with Gasteiger partial charge in [-0.25, -0.2) is 9.97 Å². The van der Waals surface area contributed by atoms with Crippen molar-refractivity contribution in [2.75, 3.05) is 11.9 Å². The van der Waals surface area contributed by atoms with Crippen LogP contribution < -0.4 is 5.32 Å². The molecule has 0 spiro atoms. The smallest absolute Gasteiger partial charge is 0.228 e. The maximum atomic E-state index is 5.80. The molecule has 17 heavy (non-hydrogen) atoms. The molecule has 0 radical (unpaired) electrons. The average Bonchev–Trinajstić information content (AvgIpc) is 2.30. The zero-order chi connectivity index (χ0) is 12.1. The molecule has 0 aliphatic heterocycles. The standard InChI is InChI=1S/C9H9ClN6S/c1-2-11-7-14-6(10)15-9(16-7)17-8-12-4-3-5-13-8/h3-5H,2H2,1H3,(H,11,14,15,16). The van der Waals surface area contributed by atoms with Crippen molar-refractivity contribution in [3.63, 3.8) is 0 Å². The van der Waals surface area contributed by atoms with Crippen LogP contribution in [-0.4, -0.2) is 31.5 Å². The summed E-state index contributed by atoms with van der Waals surface area (Å²) in [6.45, 7) is 2.66. The number of nitrogens with one attached hydrogen (secondary N) is 1. The molecule has 0 atom stereocenters. The lowest BCUT2D eigenvalue weighted by Gasteiger charge is -2.03. The van der Waals surface area contributed by atoms with Gasteiger partial charge in [-0.1, -0.05) is 0 Å². The number of anilines is 1. The maximum absolute atomic E-state index is 5.80. The number of hydrogen-bond donors (Lipinski definition) is 1. The molecule has 2 aromatic rings. The Labute approximate surface area is 107 Å². The van der Waals surface area contributed by atoms with E-state index in [9.17, 15) is 0 Å². The summed E-state index contributed by atoms with van der Waals surface area (Å²) >= 11 is 7.03. The molecule has 0 amide bonds. The highest BCUT2D eigenvalue weighted by Crippen LogP contribution is 2.21. The Balaban J connectivity index is 2.21. The normalized spacial score (nSPS) is 10.2. The summed E-state index contributed by atoms with van der Waals surface area (Å²) in [5, 5.41) is 4.15. The van der Waals surface area contributed by atoms with Crippen molar-refractivity contribution in [3.8, 4) is 0 Å². The lowest BCUT2D eigenvalue weighted by molar-refractivity contribution is 0.885. The second-order valence-corrected chi connectivity index (χ2v) is 4.15. The van der Waals surface area contributed by atoms with E-state index in [2.05, 4.69) is 30.2 Å². The van der Waals surface area contributed by atoms with Crippen molar-refractivity contribution in [1.82, 2.24) is 24.9 Å². The number of aromatic nitrogens is 5. The zero-order valence-corrected chi connectivity index (χ0v) is 10.5. The van der Waals surface area contributed by atoms with E-state index < -0.39 is 0 Å². The Morgan fingerprint density at radius 3 is 2.65 bits per heavy atom. The molecule has 88 valence electrons. The maximum Gasteiger partial charge on any atom is 0.228 e. The third-order valence-corrected chi connectivity index (χ3v) is 2.57. The van der Waals surface area contributed by atoms with Crippen molar-refractivity contribution in [1.29, 1.82) is 0 Å². The molecule has 0 aliphatic carbocycles. The van der Waals surface area contributed by atoms with Gasteiger partial charge >= 0.3 is 0 Å². The van der Waals surface area contributed by atoms with E-state index in [4.69, 9.17) is 11.6 Å². The van der Waals surface area contributed by atoms with E-state index in [1.54, 1.807) is 18.5 Å². The van der Waals surface area contributed by atoms with Gasteiger partial charge in [0.05, 0.1) is 0 Å². The molecule has 8 heteroatoms. The topological polar surface area (TPSA) is 76.5 Å². The Kier molecular flexibility index (Phi) is 4.05. The van der Waals surface area contributed by atoms with Crippen molar-refractivity contribution in [2.45, 2.75) is 17.2 Å². The molecular formula is C9H9ClN6S. The van der Waals surface area contributed by atoms with E-state index in [1.165, 1.54) is 11.8 Å². The number of rotatable bonds is 4. The Morgan fingerprint density at radius 1 is 1.18 bits per heavy atom. The van der Waals surface area contributed by atoms with E-state index in [0.29, 0.717) is 22.8 Å². The van der Waals surface area contributed by atoms with Crippen molar-refractivity contribution >= 4 is 29.3 Å². The minimum absolute atomic E-state index is 0.148. The van der Waals surface area contributed by atoms with Gasteiger partial charge in [0.1, 0.15) is 0 Å². The lowest BCUT2D eigenvalue weighted by Crippen LogP contribution is -2.04. The van der Waals surface area contributed by atoms with Gasteiger partial charge in [0, 0.05) is 18.9 Å². The molecule has 2 rings (SSSR count). The number of halogens is 1. The Bertz CT molecular complexity index is 494. The van der Waals surface area contributed by atoms with Gasteiger partial charge in [-0.2, -0.15) is 15.0 Å². The summed E-state index contributed by atoms with van der Waals surface area (Å²) in [7, 11) is 0. The van der Waals surface area contributed by atoms with Crippen molar-refractivity contribution in [3.05, 3.63) is 23.7 Å². The Morgan fingerprint density at radius 2 is 1.94 bits per heavy atom. The molecule has 0 aromatic carbocycles. The summed E-state index contributed by atoms with van der Waals surface area (Å²) in [6.07, 6.45) is 3.31. The fourth-order valence-electron chi connectivity index (χ4n) is 1.03.